The largest absolute Gasteiger partial charge is 0.494 e. The molecular formula is C32H36N8O5S. The van der Waals surface area contributed by atoms with Gasteiger partial charge in [0.25, 0.3) is 5.91 Å². The fourth-order valence-electron chi connectivity index (χ4n) is 5.02. The van der Waals surface area contributed by atoms with Crippen LogP contribution in [0.2, 0.25) is 0 Å². The number of nitrogens with zero attached hydrogens (tertiary/aromatic N) is 5. The van der Waals surface area contributed by atoms with E-state index in [-0.39, 0.29) is 5.95 Å². The Morgan fingerprint density at radius 3 is 2.63 bits per heavy atom. The Morgan fingerprint density at radius 2 is 1.96 bits per heavy atom. The molecule has 1 fully saturated rings. The summed E-state index contributed by atoms with van der Waals surface area (Å²) in [5, 5.41) is 20.1. The molecule has 3 N–H and O–H groups in total. The Morgan fingerprint density at radius 1 is 1.20 bits per heavy atom. The van der Waals surface area contributed by atoms with Crippen LogP contribution in [0.1, 0.15) is 30.9 Å². The molecular weight excluding hydrogens is 608 g/mol. The lowest BCUT2D eigenvalue weighted by molar-refractivity contribution is -0.114. The summed E-state index contributed by atoms with van der Waals surface area (Å²) < 4.78 is 35.8. The van der Waals surface area contributed by atoms with E-state index in [1.807, 2.05) is 38.5 Å². The fraction of sp³-hybridized carbons (Fsp3) is 0.312. The molecule has 13 nitrogen and oxygen atoms in total. The number of rotatable bonds is 14. The van der Waals surface area contributed by atoms with Crippen LogP contribution < -0.4 is 20.7 Å². The van der Waals surface area contributed by atoms with Gasteiger partial charge >= 0.3 is 10.1 Å². The van der Waals surface area contributed by atoms with Crippen LogP contribution in [0, 0.1) is 11.3 Å². The van der Waals surface area contributed by atoms with Gasteiger partial charge in [-0.25, -0.2) is 9.97 Å². The number of nitrogens with one attached hydrogen (secondary N) is 3. The second-order valence-corrected chi connectivity index (χ2v) is 12.8. The summed E-state index contributed by atoms with van der Waals surface area (Å²) >= 11 is 0. The Bertz CT molecular complexity index is 1940. The summed E-state index contributed by atoms with van der Waals surface area (Å²) in [5.74, 6) is -0.817. The molecule has 14 heteroatoms. The number of hydrogen-bond acceptors (Lipinski definition) is 11. The first kappa shape index (κ1) is 32.3. The van der Waals surface area contributed by atoms with Crippen molar-refractivity contribution in [1.29, 1.82) is 5.26 Å². The van der Waals surface area contributed by atoms with Crippen LogP contribution in [-0.4, -0.2) is 74.3 Å². The van der Waals surface area contributed by atoms with E-state index in [4.69, 9.17) is 9.72 Å². The van der Waals surface area contributed by atoms with Crippen molar-refractivity contribution in [3.63, 3.8) is 0 Å². The Kier molecular flexibility index (Phi) is 9.45. The Balaban J connectivity index is 1.51. The molecule has 5 rings (SSSR count). The third-order valence-corrected chi connectivity index (χ3v) is 7.79. The van der Waals surface area contributed by atoms with Gasteiger partial charge in [0, 0.05) is 41.3 Å². The number of fused-ring (bicyclic) bond motifs is 1. The third-order valence-electron chi connectivity index (χ3n) is 7.28. The molecule has 0 unspecified atom stereocenters. The standard InChI is InChI=1S/C32H36N8O5S/c1-20(45-46(5,42)43)31(41)36-26-15-27(29(44-4)16-25(26)34-13-8-14-39(2)3)37-32-35-18-21(17-33)30(38-32)24-19-40(22-11-12-22)28-10-7-6-9-23(24)28/h6-7,9-10,15-16,18-19,22,34H,1,8,11-14H2,2-5H3,(H,36,41)(H,35,37,38). The maximum Gasteiger partial charge on any atom is 0.306 e. The van der Waals surface area contributed by atoms with Gasteiger partial charge < -0.3 is 34.3 Å². The van der Waals surface area contributed by atoms with Gasteiger partial charge in [0.15, 0.2) is 5.76 Å². The van der Waals surface area contributed by atoms with Gasteiger partial charge in [-0.2, -0.15) is 13.7 Å². The van der Waals surface area contributed by atoms with Crippen molar-refractivity contribution in [2.24, 2.45) is 0 Å². The number of methoxy groups -OCH3 is 1. The van der Waals surface area contributed by atoms with E-state index in [9.17, 15) is 18.5 Å². The van der Waals surface area contributed by atoms with E-state index >= 15 is 0 Å². The van der Waals surface area contributed by atoms with E-state index in [1.165, 1.54) is 13.3 Å². The van der Waals surface area contributed by atoms with Crippen LogP contribution in [-0.2, 0) is 19.1 Å². The van der Waals surface area contributed by atoms with Gasteiger partial charge in [-0.05, 0) is 58.6 Å². The van der Waals surface area contributed by atoms with E-state index in [2.05, 4.69) is 53.3 Å². The predicted molar refractivity (Wildman–Crippen MR) is 178 cm³/mol. The van der Waals surface area contributed by atoms with Crippen molar-refractivity contribution >= 4 is 49.9 Å². The zero-order valence-corrected chi connectivity index (χ0v) is 26.9. The summed E-state index contributed by atoms with van der Waals surface area (Å²) in [7, 11) is 1.50. The minimum Gasteiger partial charge on any atom is -0.494 e. The predicted octanol–water partition coefficient (Wildman–Crippen LogP) is 4.85. The number of anilines is 4. The van der Waals surface area contributed by atoms with Crippen LogP contribution in [0.5, 0.6) is 5.75 Å². The second-order valence-electron chi connectivity index (χ2n) is 11.2. The molecule has 46 heavy (non-hydrogen) atoms. The number of nitriles is 1. The SMILES string of the molecule is C=C(OS(C)(=O)=O)C(=O)Nc1cc(Nc2ncc(C#N)c(-c3cn(C4CC4)c4ccccc34)n2)c(OC)cc1NCCCN(C)C. The van der Waals surface area contributed by atoms with Crippen LogP contribution in [0.25, 0.3) is 22.2 Å². The van der Waals surface area contributed by atoms with E-state index in [0.29, 0.717) is 46.7 Å². The van der Waals surface area contributed by atoms with Gasteiger partial charge in [0.05, 0.1) is 47.9 Å². The van der Waals surface area contributed by atoms with Gasteiger partial charge in [-0.3, -0.25) is 4.79 Å². The first-order valence-corrected chi connectivity index (χ1v) is 16.4. The number of para-hydroxylation sites is 1. The Hall–Kier alpha value is -5.13. The van der Waals surface area contributed by atoms with Crippen molar-refractivity contribution in [3.8, 4) is 23.1 Å². The maximum atomic E-state index is 12.9. The highest BCUT2D eigenvalue weighted by Crippen LogP contribution is 2.42. The summed E-state index contributed by atoms with van der Waals surface area (Å²) in [4.78, 5) is 24.1. The number of amides is 1. The highest BCUT2D eigenvalue weighted by Gasteiger charge is 2.27. The molecule has 1 aliphatic carbocycles. The summed E-state index contributed by atoms with van der Waals surface area (Å²) in [6.07, 6.45) is 7.36. The average molecular weight is 645 g/mol. The van der Waals surface area contributed by atoms with Gasteiger partial charge in [0.1, 0.15) is 11.8 Å². The molecule has 0 bridgehead atoms. The molecule has 0 spiro atoms. The topological polar surface area (TPSA) is 164 Å². The average Bonchev–Trinajstić information content (AvgIpc) is 3.79. The zero-order chi connectivity index (χ0) is 33.0. The highest BCUT2D eigenvalue weighted by atomic mass is 32.2. The number of hydrogen-bond donors (Lipinski definition) is 3. The number of carbonyl (C=O) groups excluding carboxylic acids is 1. The van der Waals surface area contributed by atoms with Gasteiger partial charge in [-0.1, -0.05) is 18.2 Å². The second kappa shape index (κ2) is 13.5. The van der Waals surface area contributed by atoms with Crippen LogP contribution >= 0.6 is 0 Å². The molecule has 2 aromatic carbocycles. The van der Waals surface area contributed by atoms with Gasteiger partial charge in [0.2, 0.25) is 5.95 Å². The monoisotopic (exact) mass is 644 g/mol. The molecule has 1 amide bonds. The lowest BCUT2D eigenvalue weighted by Crippen LogP contribution is -2.20. The first-order chi connectivity index (χ1) is 22.0. The summed E-state index contributed by atoms with van der Waals surface area (Å²) in [6, 6.07) is 14.0. The minimum absolute atomic E-state index is 0.198. The molecule has 0 aliphatic heterocycles. The minimum atomic E-state index is -3.96. The van der Waals surface area contributed by atoms with Crippen LogP contribution in [0.15, 0.2) is 61.1 Å². The number of aromatic nitrogens is 3. The van der Waals surface area contributed by atoms with E-state index in [1.54, 1.807) is 12.1 Å². The van der Waals surface area contributed by atoms with Crippen molar-refractivity contribution in [2.45, 2.75) is 25.3 Å². The molecule has 240 valence electrons. The summed E-state index contributed by atoms with van der Waals surface area (Å²) in [5.41, 5.74) is 3.94. The summed E-state index contributed by atoms with van der Waals surface area (Å²) in [6.45, 7) is 4.86. The molecule has 0 saturated heterocycles. The van der Waals surface area contributed by atoms with Crippen molar-refractivity contribution in [1.82, 2.24) is 19.4 Å². The van der Waals surface area contributed by atoms with Crippen LogP contribution in [0.4, 0.5) is 23.0 Å². The maximum absolute atomic E-state index is 12.9. The highest BCUT2D eigenvalue weighted by molar-refractivity contribution is 7.86. The third kappa shape index (κ3) is 7.56. The van der Waals surface area contributed by atoms with Gasteiger partial charge in [-0.15, -0.1) is 0 Å². The molecule has 1 aliphatic rings. The Labute approximate surface area is 268 Å². The quantitative estimate of drug-likeness (QED) is 0.0744. The molecule has 2 aromatic heterocycles. The molecule has 1 saturated carbocycles. The lowest BCUT2D eigenvalue weighted by atomic mass is 10.1. The fourth-order valence-corrected chi connectivity index (χ4v) is 5.47. The normalized spacial score (nSPS) is 12.9. The zero-order valence-electron chi connectivity index (χ0n) is 26.1. The number of carbonyl (C=O) groups is 1. The van der Waals surface area contributed by atoms with Crippen molar-refractivity contribution in [2.75, 3.05) is 56.5 Å². The molecule has 4 aromatic rings. The van der Waals surface area contributed by atoms with E-state index < -0.39 is 21.8 Å². The molecule has 0 radical (unpaired) electrons. The van der Waals surface area contributed by atoms with Crippen molar-refractivity contribution < 1.29 is 22.1 Å². The van der Waals surface area contributed by atoms with E-state index in [0.717, 1.165) is 48.5 Å². The molecule has 2 heterocycles. The smallest absolute Gasteiger partial charge is 0.306 e. The lowest BCUT2D eigenvalue weighted by Gasteiger charge is -2.19. The molecule has 0 atom stereocenters. The number of benzene rings is 2. The van der Waals surface area contributed by atoms with Crippen molar-refractivity contribution in [3.05, 3.63) is 66.7 Å². The van der Waals surface area contributed by atoms with Crippen LogP contribution in [0.3, 0.4) is 0 Å². The first-order valence-electron chi connectivity index (χ1n) is 14.6. The number of ether oxygens (including phenoxy) is 1.